The molecule has 5 nitrogen and oxygen atoms in total. The average Bonchev–Trinajstić information content (AvgIpc) is 2.03. The van der Waals surface area contributed by atoms with Gasteiger partial charge >= 0.3 is 8.69 Å². The van der Waals surface area contributed by atoms with Crippen LogP contribution in [0.15, 0.2) is 0 Å². The molecule has 0 amide bonds. The molecule has 0 aliphatic rings. The molecular formula is C7H15NO4P+. The third-order valence-electron chi connectivity index (χ3n) is 0.962. The van der Waals surface area contributed by atoms with Crippen LogP contribution in [0.4, 0.5) is 0 Å². The SMILES string of the molecule is C[N+](C)(C)CCOP=O.O=CC=O. The van der Waals surface area contributed by atoms with Gasteiger partial charge in [0.05, 0.1) is 21.1 Å². The van der Waals surface area contributed by atoms with E-state index in [9.17, 15) is 4.57 Å². The van der Waals surface area contributed by atoms with Crippen LogP contribution in [0.5, 0.6) is 0 Å². The first-order chi connectivity index (χ1) is 5.97. The van der Waals surface area contributed by atoms with E-state index in [1.165, 1.54) is 0 Å². The van der Waals surface area contributed by atoms with E-state index in [2.05, 4.69) is 25.7 Å². The molecule has 0 aromatic heterocycles. The summed E-state index contributed by atoms with van der Waals surface area (Å²) >= 11 is 0. The third-order valence-corrected chi connectivity index (χ3v) is 1.25. The van der Waals surface area contributed by atoms with Crippen LogP contribution in [0.3, 0.4) is 0 Å². The van der Waals surface area contributed by atoms with E-state index in [0.29, 0.717) is 6.61 Å². The van der Waals surface area contributed by atoms with Gasteiger partial charge in [-0.2, -0.15) is 0 Å². The van der Waals surface area contributed by atoms with Gasteiger partial charge in [-0.1, -0.05) is 0 Å². The van der Waals surface area contributed by atoms with Gasteiger partial charge in [-0.05, 0) is 0 Å². The van der Waals surface area contributed by atoms with Gasteiger partial charge in [0.2, 0.25) is 0 Å². The van der Waals surface area contributed by atoms with Crippen molar-refractivity contribution in [2.75, 3.05) is 34.3 Å². The van der Waals surface area contributed by atoms with Gasteiger partial charge < -0.3 is 4.48 Å². The van der Waals surface area contributed by atoms with Gasteiger partial charge in [-0.3, -0.25) is 14.1 Å². The first-order valence-electron chi connectivity index (χ1n) is 3.62. The third kappa shape index (κ3) is 24.6. The molecule has 0 N–H and O–H groups in total. The summed E-state index contributed by atoms with van der Waals surface area (Å²) in [6.07, 6.45) is 0.389. The van der Waals surface area contributed by atoms with Crippen molar-refractivity contribution in [3.05, 3.63) is 0 Å². The van der Waals surface area contributed by atoms with E-state index < -0.39 is 0 Å². The highest BCUT2D eigenvalue weighted by Gasteiger charge is 2.04. The van der Waals surface area contributed by atoms with Crippen molar-refractivity contribution in [2.45, 2.75) is 0 Å². The Morgan fingerprint density at radius 2 is 1.69 bits per heavy atom. The zero-order valence-corrected chi connectivity index (χ0v) is 8.99. The van der Waals surface area contributed by atoms with Crippen LogP contribution >= 0.6 is 8.69 Å². The van der Waals surface area contributed by atoms with Crippen LogP contribution in [0.1, 0.15) is 0 Å². The molecule has 6 heteroatoms. The van der Waals surface area contributed by atoms with Gasteiger partial charge in [0.15, 0.2) is 12.6 Å². The average molecular weight is 208 g/mol. The minimum absolute atomic E-state index is 0.194. The number of quaternary nitrogens is 1. The molecule has 0 saturated carbocycles. The van der Waals surface area contributed by atoms with E-state index in [-0.39, 0.29) is 21.3 Å². The van der Waals surface area contributed by atoms with E-state index >= 15 is 0 Å². The molecule has 0 fully saturated rings. The zero-order valence-electron chi connectivity index (χ0n) is 8.10. The topological polar surface area (TPSA) is 60.4 Å². The fourth-order valence-electron chi connectivity index (χ4n) is 0.352. The number of rotatable bonds is 5. The Balaban J connectivity index is 0. The molecular weight excluding hydrogens is 193 g/mol. The van der Waals surface area contributed by atoms with Crippen molar-refractivity contribution in [1.29, 1.82) is 0 Å². The number of likely N-dealkylation sites (N-methyl/N-ethyl adjacent to an activating group) is 1. The number of carbonyl (C=O) groups is 2. The monoisotopic (exact) mass is 208 g/mol. The first kappa shape index (κ1) is 14.9. The lowest BCUT2D eigenvalue weighted by Crippen LogP contribution is -2.37. The molecule has 76 valence electrons. The van der Waals surface area contributed by atoms with Crippen LogP contribution in [0.25, 0.3) is 0 Å². The van der Waals surface area contributed by atoms with Gasteiger partial charge in [-0.15, -0.1) is 0 Å². The van der Waals surface area contributed by atoms with Crippen molar-refractivity contribution >= 4 is 21.3 Å². The number of nitrogens with zero attached hydrogens (tertiary/aromatic N) is 1. The minimum atomic E-state index is -0.217. The summed E-state index contributed by atoms with van der Waals surface area (Å²) in [6.45, 7) is 1.43. The predicted molar refractivity (Wildman–Crippen MR) is 48.6 cm³/mol. The highest BCUT2D eigenvalue weighted by atomic mass is 31.1. The minimum Gasteiger partial charge on any atom is -0.329 e. The molecule has 0 aliphatic carbocycles. The second-order valence-electron chi connectivity index (χ2n) is 3.19. The maximum absolute atomic E-state index is 9.76. The van der Waals surface area contributed by atoms with Gasteiger partial charge in [0.1, 0.15) is 13.2 Å². The summed E-state index contributed by atoms with van der Waals surface area (Å²) in [5, 5.41) is 0. The lowest BCUT2D eigenvalue weighted by molar-refractivity contribution is -0.870. The Hall–Kier alpha value is -0.640. The number of aldehydes is 2. The van der Waals surface area contributed by atoms with Crippen LogP contribution < -0.4 is 0 Å². The molecule has 0 radical (unpaired) electrons. The number of hydrogen-bond donors (Lipinski definition) is 0. The predicted octanol–water partition coefficient (Wildman–Crippen LogP) is 0.300. The first-order valence-corrected chi connectivity index (χ1v) is 4.35. The molecule has 0 heterocycles. The number of hydrogen-bond acceptors (Lipinski definition) is 4. The Morgan fingerprint density at radius 3 is 1.92 bits per heavy atom. The second kappa shape index (κ2) is 9.45. The molecule has 0 saturated heterocycles. The molecule has 13 heavy (non-hydrogen) atoms. The van der Waals surface area contributed by atoms with Gasteiger partial charge in [0.25, 0.3) is 0 Å². The summed E-state index contributed by atoms with van der Waals surface area (Å²) in [7, 11) is 5.96. The largest absolute Gasteiger partial charge is 0.329 e. The van der Waals surface area contributed by atoms with Crippen LogP contribution in [-0.2, 0) is 18.7 Å². The van der Waals surface area contributed by atoms with Crippen LogP contribution in [-0.4, -0.2) is 51.4 Å². The highest BCUT2D eigenvalue weighted by Crippen LogP contribution is 1.96. The lowest BCUT2D eigenvalue weighted by atomic mass is 10.5. The van der Waals surface area contributed by atoms with Gasteiger partial charge in [0, 0.05) is 0 Å². The van der Waals surface area contributed by atoms with Crippen molar-refractivity contribution in [3.63, 3.8) is 0 Å². The Morgan fingerprint density at radius 1 is 1.23 bits per heavy atom. The summed E-state index contributed by atoms with van der Waals surface area (Å²) in [5.74, 6) is 0. The number of carbonyl (C=O) groups excluding carboxylic acids is 2. The van der Waals surface area contributed by atoms with E-state index in [1.807, 2.05) is 0 Å². The fraction of sp³-hybridized carbons (Fsp3) is 0.714. The van der Waals surface area contributed by atoms with E-state index in [0.717, 1.165) is 11.0 Å². The summed E-state index contributed by atoms with van der Waals surface area (Å²) < 4.78 is 15.2. The molecule has 0 atom stereocenters. The highest BCUT2D eigenvalue weighted by molar-refractivity contribution is 7.17. The van der Waals surface area contributed by atoms with E-state index in [4.69, 9.17) is 9.59 Å². The molecule has 0 aromatic carbocycles. The summed E-state index contributed by atoms with van der Waals surface area (Å²) in [5.41, 5.74) is 0. The molecule has 0 aromatic rings. The maximum Gasteiger partial charge on any atom is 0.327 e. The Bertz CT molecular complexity index is 149. The van der Waals surface area contributed by atoms with Crippen molar-refractivity contribution < 1.29 is 23.2 Å². The standard InChI is InChI=1S/C5H13NO2P.C2H2O2/c1-6(2,3)4-5-8-9-7;3-1-2-4/h4-5H2,1-3H3;1-2H/q+1;. The van der Waals surface area contributed by atoms with Crippen molar-refractivity contribution in [3.8, 4) is 0 Å². The Labute approximate surface area is 79.5 Å². The molecule has 0 rings (SSSR count). The van der Waals surface area contributed by atoms with Crippen molar-refractivity contribution in [1.82, 2.24) is 0 Å². The maximum atomic E-state index is 9.76. The molecule has 0 spiro atoms. The van der Waals surface area contributed by atoms with Crippen molar-refractivity contribution in [2.24, 2.45) is 0 Å². The summed E-state index contributed by atoms with van der Waals surface area (Å²) in [6, 6.07) is 0. The van der Waals surface area contributed by atoms with E-state index in [1.54, 1.807) is 0 Å². The second-order valence-corrected chi connectivity index (χ2v) is 3.60. The summed E-state index contributed by atoms with van der Waals surface area (Å²) in [4.78, 5) is 17.6. The molecule has 0 unspecified atom stereocenters. The van der Waals surface area contributed by atoms with Gasteiger partial charge in [-0.25, -0.2) is 4.57 Å². The normalized spacial score (nSPS) is 10.1. The zero-order chi connectivity index (χ0) is 10.7. The Kier molecular flexibility index (Phi) is 10.8. The lowest BCUT2D eigenvalue weighted by Gasteiger charge is -2.22. The smallest absolute Gasteiger partial charge is 0.327 e. The van der Waals surface area contributed by atoms with Crippen LogP contribution in [0, 0.1) is 0 Å². The fourth-order valence-corrected chi connectivity index (χ4v) is 0.508. The quantitative estimate of drug-likeness (QED) is 0.214. The molecule has 0 bridgehead atoms. The molecule has 0 aliphatic heterocycles. The van der Waals surface area contributed by atoms with Crippen LogP contribution in [0.2, 0.25) is 0 Å².